The number of nitrogens with one attached hydrogen (secondary N) is 1. The fourth-order valence-corrected chi connectivity index (χ4v) is 4.50. The van der Waals surface area contributed by atoms with Crippen molar-refractivity contribution in [3.05, 3.63) is 63.2 Å². The van der Waals surface area contributed by atoms with E-state index in [0.717, 1.165) is 35.7 Å². The van der Waals surface area contributed by atoms with Crippen LogP contribution in [0.15, 0.2) is 35.8 Å². The van der Waals surface area contributed by atoms with Crippen molar-refractivity contribution in [2.75, 3.05) is 6.54 Å². The number of aromatic nitrogens is 2. The van der Waals surface area contributed by atoms with E-state index in [4.69, 9.17) is 0 Å². The van der Waals surface area contributed by atoms with Crippen molar-refractivity contribution in [2.45, 2.75) is 39.7 Å². The van der Waals surface area contributed by atoms with E-state index >= 15 is 0 Å². The van der Waals surface area contributed by atoms with E-state index in [1.165, 1.54) is 16.7 Å². The van der Waals surface area contributed by atoms with E-state index in [9.17, 15) is 4.79 Å². The van der Waals surface area contributed by atoms with Crippen LogP contribution in [0.1, 0.15) is 51.1 Å². The number of amides is 1. The summed E-state index contributed by atoms with van der Waals surface area (Å²) in [5.41, 5.74) is 6.29. The lowest BCUT2D eigenvalue weighted by Gasteiger charge is -2.25. The summed E-state index contributed by atoms with van der Waals surface area (Å²) in [5.74, 6) is 0.0739. The molecule has 0 spiro atoms. The van der Waals surface area contributed by atoms with E-state index in [0.29, 0.717) is 5.69 Å². The fourth-order valence-electron chi connectivity index (χ4n) is 3.88. The highest BCUT2D eigenvalue weighted by Gasteiger charge is 2.31. The summed E-state index contributed by atoms with van der Waals surface area (Å²) >= 11 is 1.62. The molecule has 3 aromatic rings. The summed E-state index contributed by atoms with van der Waals surface area (Å²) in [7, 11) is 0. The average Bonchev–Trinajstić information content (AvgIpc) is 3.33. The Morgan fingerprint density at radius 1 is 1.19 bits per heavy atom. The smallest absolute Gasteiger partial charge is 0.270 e. The molecule has 0 radical (unpaired) electrons. The molecule has 1 atom stereocenters. The molecule has 1 amide bonds. The Hall–Kier alpha value is -2.40. The van der Waals surface area contributed by atoms with Crippen LogP contribution in [0.4, 0.5) is 0 Å². The normalized spacial score (nSPS) is 17.0. The number of aromatic amines is 1. The van der Waals surface area contributed by atoms with Gasteiger partial charge in [-0.05, 0) is 45.2 Å². The highest BCUT2D eigenvalue weighted by Crippen LogP contribution is 2.34. The number of rotatable bonds is 3. The van der Waals surface area contributed by atoms with Crippen molar-refractivity contribution in [2.24, 2.45) is 0 Å². The maximum absolute atomic E-state index is 13.1. The molecule has 3 heterocycles. The second-order valence-corrected chi connectivity index (χ2v) is 8.19. The molecule has 1 aliphatic heterocycles. The molecular formula is C21H23N3OS. The van der Waals surface area contributed by atoms with Gasteiger partial charge >= 0.3 is 0 Å². The van der Waals surface area contributed by atoms with Gasteiger partial charge in [-0.15, -0.1) is 11.3 Å². The molecule has 1 saturated heterocycles. The number of thiazole rings is 1. The highest BCUT2D eigenvalue weighted by atomic mass is 32.1. The molecule has 0 saturated carbocycles. The molecule has 1 aliphatic rings. The molecule has 134 valence electrons. The Balaban J connectivity index is 1.60. The first-order valence-corrected chi connectivity index (χ1v) is 9.89. The minimum Gasteiger partial charge on any atom is -0.357 e. The van der Waals surface area contributed by atoms with E-state index in [1.54, 1.807) is 11.3 Å². The van der Waals surface area contributed by atoms with Gasteiger partial charge in [0.15, 0.2) is 0 Å². The van der Waals surface area contributed by atoms with Crippen molar-refractivity contribution >= 4 is 17.2 Å². The van der Waals surface area contributed by atoms with Crippen LogP contribution in [-0.4, -0.2) is 27.3 Å². The zero-order valence-electron chi connectivity index (χ0n) is 15.4. The summed E-state index contributed by atoms with van der Waals surface area (Å²) in [4.78, 5) is 22.8. The summed E-state index contributed by atoms with van der Waals surface area (Å²) in [6.45, 7) is 7.03. The average molecular weight is 366 g/mol. The third-order valence-corrected chi connectivity index (χ3v) is 5.74. The molecular weight excluding hydrogens is 342 g/mol. The van der Waals surface area contributed by atoms with Gasteiger partial charge in [0.1, 0.15) is 5.69 Å². The number of carbonyl (C=O) groups excluding carboxylic acids is 1. The molecule has 1 unspecified atom stereocenters. The summed E-state index contributed by atoms with van der Waals surface area (Å²) in [6, 6.07) is 8.68. The third kappa shape index (κ3) is 3.19. The Labute approximate surface area is 157 Å². The van der Waals surface area contributed by atoms with Crippen LogP contribution in [0.5, 0.6) is 0 Å². The van der Waals surface area contributed by atoms with E-state index < -0.39 is 0 Å². The van der Waals surface area contributed by atoms with Gasteiger partial charge in [0.25, 0.3) is 5.91 Å². The minimum absolute atomic E-state index is 0.0739. The van der Waals surface area contributed by atoms with Gasteiger partial charge in [-0.2, -0.15) is 0 Å². The molecule has 2 aromatic heterocycles. The standard InChI is InChI=1S/C21H23N3OS/c1-13-7-14(2)9-16(8-13)20-5-4-6-24(20)21(25)18-10-17(11-22-18)19-12-26-15(3)23-19/h7-12,20,22H,4-6H2,1-3H3. The Morgan fingerprint density at radius 2 is 1.96 bits per heavy atom. The third-order valence-electron chi connectivity index (χ3n) is 4.97. The largest absolute Gasteiger partial charge is 0.357 e. The van der Waals surface area contributed by atoms with Crippen LogP contribution >= 0.6 is 11.3 Å². The van der Waals surface area contributed by atoms with Crippen molar-refractivity contribution < 1.29 is 4.79 Å². The second kappa shape index (κ2) is 6.72. The molecule has 1 N–H and O–H groups in total. The molecule has 5 heteroatoms. The quantitative estimate of drug-likeness (QED) is 0.707. The fraction of sp³-hybridized carbons (Fsp3) is 0.333. The maximum atomic E-state index is 13.1. The lowest BCUT2D eigenvalue weighted by atomic mass is 9.99. The topological polar surface area (TPSA) is 49.0 Å². The van der Waals surface area contributed by atoms with Gasteiger partial charge in [0, 0.05) is 23.7 Å². The Morgan fingerprint density at radius 3 is 2.65 bits per heavy atom. The summed E-state index contributed by atoms with van der Waals surface area (Å²) in [5, 5.41) is 3.06. The first kappa shape index (κ1) is 17.0. The minimum atomic E-state index is 0.0739. The SMILES string of the molecule is Cc1cc(C)cc(C2CCCN2C(=O)c2cc(-c3csc(C)n3)c[nH]2)c1. The lowest BCUT2D eigenvalue weighted by molar-refractivity contribution is 0.0730. The highest BCUT2D eigenvalue weighted by molar-refractivity contribution is 7.09. The summed E-state index contributed by atoms with van der Waals surface area (Å²) in [6.07, 6.45) is 3.94. The molecule has 26 heavy (non-hydrogen) atoms. The number of aryl methyl sites for hydroxylation is 3. The Kier molecular flexibility index (Phi) is 4.41. The molecule has 4 rings (SSSR count). The van der Waals surface area contributed by atoms with E-state index in [2.05, 4.69) is 42.0 Å². The first-order valence-electron chi connectivity index (χ1n) is 9.01. The molecule has 1 aromatic carbocycles. The van der Waals surface area contributed by atoms with Gasteiger partial charge in [-0.3, -0.25) is 4.79 Å². The van der Waals surface area contributed by atoms with Gasteiger partial charge in [0.2, 0.25) is 0 Å². The zero-order chi connectivity index (χ0) is 18.3. The predicted octanol–water partition coefficient (Wildman–Crippen LogP) is 5.04. The van der Waals surface area contributed by atoms with Gasteiger partial charge in [0.05, 0.1) is 16.7 Å². The van der Waals surface area contributed by atoms with Crippen LogP contribution in [-0.2, 0) is 0 Å². The number of H-pyrrole nitrogens is 1. The van der Waals surface area contributed by atoms with Crippen LogP contribution in [0.2, 0.25) is 0 Å². The van der Waals surface area contributed by atoms with Crippen molar-refractivity contribution in [3.63, 3.8) is 0 Å². The van der Waals surface area contributed by atoms with Gasteiger partial charge in [-0.25, -0.2) is 4.98 Å². The number of hydrogen-bond acceptors (Lipinski definition) is 3. The molecule has 0 aliphatic carbocycles. The van der Waals surface area contributed by atoms with Crippen molar-refractivity contribution in [3.8, 4) is 11.3 Å². The lowest BCUT2D eigenvalue weighted by Crippen LogP contribution is -2.30. The van der Waals surface area contributed by atoms with E-state index in [-0.39, 0.29) is 11.9 Å². The maximum Gasteiger partial charge on any atom is 0.270 e. The zero-order valence-corrected chi connectivity index (χ0v) is 16.2. The number of carbonyl (C=O) groups is 1. The molecule has 0 bridgehead atoms. The van der Waals surface area contributed by atoms with Crippen molar-refractivity contribution in [1.82, 2.24) is 14.9 Å². The Bertz CT molecular complexity index is 936. The van der Waals surface area contributed by atoms with Crippen LogP contribution < -0.4 is 0 Å². The number of benzene rings is 1. The number of likely N-dealkylation sites (tertiary alicyclic amines) is 1. The van der Waals surface area contributed by atoms with Crippen LogP contribution in [0.25, 0.3) is 11.3 Å². The van der Waals surface area contributed by atoms with Gasteiger partial charge in [-0.1, -0.05) is 29.3 Å². The second-order valence-electron chi connectivity index (χ2n) is 7.13. The van der Waals surface area contributed by atoms with Crippen LogP contribution in [0.3, 0.4) is 0 Å². The number of nitrogens with zero attached hydrogens (tertiary/aromatic N) is 2. The predicted molar refractivity (Wildman–Crippen MR) is 106 cm³/mol. The van der Waals surface area contributed by atoms with Gasteiger partial charge < -0.3 is 9.88 Å². The summed E-state index contributed by atoms with van der Waals surface area (Å²) < 4.78 is 0. The first-order chi connectivity index (χ1) is 12.5. The monoisotopic (exact) mass is 365 g/mol. The molecule has 1 fully saturated rings. The van der Waals surface area contributed by atoms with Crippen molar-refractivity contribution in [1.29, 1.82) is 0 Å². The number of hydrogen-bond donors (Lipinski definition) is 1. The van der Waals surface area contributed by atoms with Crippen LogP contribution in [0, 0.1) is 20.8 Å². The molecule has 4 nitrogen and oxygen atoms in total. The van der Waals surface area contributed by atoms with E-state index in [1.807, 2.05) is 29.5 Å².